The van der Waals surface area contributed by atoms with Gasteiger partial charge in [-0.15, -0.1) is 0 Å². The molecule has 5 nitrogen and oxygen atoms in total. The summed E-state index contributed by atoms with van der Waals surface area (Å²) in [5.74, 6) is 1.15. The molecule has 0 radical (unpaired) electrons. The van der Waals surface area contributed by atoms with Crippen molar-refractivity contribution < 1.29 is 0 Å². The molecule has 2 N–H and O–H groups in total. The van der Waals surface area contributed by atoms with Gasteiger partial charge in [0.05, 0.1) is 0 Å². The fourth-order valence-corrected chi connectivity index (χ4v) is 1.59. The van der Waals surface area contributed by atoms with Gasteiger partial charge in [0, 0.05) is 24.5 Å². The van der Waals surface area contributed by atoms with Crippen molar-refractivity contribution in [1.29, 1.82) is 0 Å². The van der Waals surface area contributed by atoms with Crippen LogP contribution in [0.15, 0.2) is 18.3 Å². The Hall–Kier alpha value is -1.91. The molecule has 2 rings (SSSR count). The van der Waals surface area contributed by atoms with Crippen LogP contribution in [-0.4, -0.2) is 19.7 Å². The van der Waals surface area contributed by atoms with Gasteiger partial charge in [-0.05, 0) is 19.4 Å². The van der Waals surface area contributed by atoms with E-state index in [9.17, 15) is 0 Å². The average Bonchev–Trinajstić information content (AvgIpc) is 2.76. The Labute approximate surface area is 94.3 Å². The maximum Gasteiger partial charge on any atom is 0.180 e. The number of aryl methyl sites for hydroxylation is 2. The Morgan fingerprint density at radius 2 is 2.12 bits per heavy atom. The molecule has 5 heteroatoms. The maximum absolute atomic E-state index is 5.75. The van der Waals surface area contributed by atoms with Crippen molar-refractivity contribution in [3.8, 4) is 11.5 Å². The van der Waals surface area contributed by atoms with E-state index in [1.165, 1.54) is 0 Å². The summed E-state index contributed by atoms with van der Waals surface area (Å²) in [6.45, 7) is 4.87. The minimum atomic E-state index is 0.505. The molecule has 0 aliphatic rings. The first-order valence-corrected chi connectivity index (χ1v) is 5.40. The van der Waals surface area contributed by atoms with Crippen LogP contribution in [0.5, 0.6) is 0 Å². The molecule has 2 heterocycles. The van der Waals surface area contributed by atoms with Crippen LogP contribution in [0.1, 0.15) is 19.5 Å². The van der Waals surface area contributed by atoms with Crippen LogP contribution in [-0.2, 0) is 13.0 Å². The van der Waals surface area contributed by atoms with Crippen molar-refractivity contribution >= 4 is 5.82 Å². The smallest absolute Gasteiger partial charge is 0.180 e. The van der Waals surface area contributed by atoms with E-state index in [4.69, 9.17) is 5.73 Å². The fourth-order valence-electron chi connectivity index (χ4n) is 1.59. The van der Waals surface area contributed by atoms with E-state index in [1.807, 2.05) is 24.6 Å². The first kappa shape index (κ1) is 10.6. The molecule has 2 aromatic rings. The van der Waals surface area contributed by atoms with E-state index in [0.29, 0.717) is 11.6 Å². The number of anilines is 1. The van der Waals surface area contributed by atoms with Gasteiger partial charge in [-0.2, -0.15) is 5.10 Å². The van der Waals surface area contributed by atoms with Crippen molar-refractivity contribution in [2.45, 2.75) is 26.8 Å². The highest BCUT2D eigenvalue weighted by Gasteiger charge is 2.09. The molecular formula is C11H15N5. The number of nitrogen functional groups attached to an aromatic ring is 1. The van der Waals surface area contributed by atoms with Gasteiger partial charge in [-0.25, -0.2) is 9.97 Å². The topological polar surface area (TPSA) is 69.6 Å². The fraction of sp³-hybridized carbons (Fsp3) is 0.364. The quantitative estimate of drug-likeness (QED) is 0.846. The lowest BCUT2D eigenvalue weighted by Crippen LogP contribution is -2.04. The second-order valence-electron chi connectivity index (χ2n) is 3.49. The highest BCUT2D eigenvalue weighted by Crippen LogP contribution is 2.16. The zero-order valence-electron chi connectivity index (χ0n) is 9.51. The Balaban J connectivity index is 2.51. The van der Waals surface area contributed by atoms with Crippen molar-refractivity contribution in [3.05, 3.63) is 24.0 Å². The van der Waals surface area contributed by atoms with Gasteiger partial charge in [-0.1, -0.05) is 6.92 Å². The molecule has 0 aliphatic carbocycles. The van der Waals surface area contributed by atoms with E-state index in [1.54, 1.807) is 12.3 Å². The number of hydrogen-bond acceptors (Lipinski definition) is 4. The summed E-state index contributed by atoms with van der Waals surface area (Å²) < 4.78 is 1.86. The van der Waals surface area contributed by atoms with Gasteiger partial charge < -0.3 is 5.73 Å². The highest BCUT2D eigenvalue weighted by atomic mass is 15.3. The third kappa shape index (κ3) is 1.88. The number of hydrogen-bond donors (Lipinski definition) is 1. The van der Waals surface area contributed by atoms with Crippen LogP contribution in [0.25, 0.3) is 11.5 Å². The molecule has 0 spiro atoms. The van der Waals surface area contributed by atoms with Crippen molar-refractivity contribution in [1.82, 2.24) is 19.7 Å². The summed E-state index contributed by atoms with van der Waals surface area (Å²) in [6, 6.07) is 3.70. The van der Waals surface area contributed by atoms with Crippen LogP contribution < -0.4 is 5.73 Å². The molecule has 0 atom stereocenters. The van der Waals surface area contributed by atoms with Crippen LogP contribution in [0.3, 0.4) is 0 Å². The normalized spacial score (nSPS) is 10.6. The standard InChI is InChI=1S/C11H15N5/c1-3-8-7-10(12)15-11(14-8)9-5-6-13-16(9)4-2/h5-7H,3-4H2,1-2H3,(H2,12,14,15). The van der Waals surface area contributed by atoms with Gasteiger partial charge in [-0.3, -0.25) is 4.68 Å². The third-order valence-corrected chi connectivity index (χ3v) is 2.41. The van der Waals surface area contributed by atoms with Crippen molar-refractivity contribution in [2.75, 3.05) is 5.73 Å². The largest absolute Gasteiger partial charge is 0.384 e. The minimum Gasteiger partial charge on any atom is -0.384 e. The first-order chi connectivity index (χ1) is 7.74. The number of aromatic nitrogens is 4. The first-order valence-electron chi connectivity index (χ1n) is 5.40. The Kier molecular flexibility index (Phi) is 2.85. The van der Waals surface area contributed by atoms with Gasteiger partial charge >= 0.3 is 0 Å². The summed E-state index contributed by atoms with van der Waals surface area (Å²) in [7, 11) is 0. The summed E-state index contributed by atoms with van der Waals surface area (Å²) >= 11 is 0. The Bertz CT molecular complexity index is 489. The summed E-state index contributed by atoms with van der Waals surface area (Å²) in [6.07, 6.45) is 2.59. The van der Waals surface area contributed by atoms with Gasteiger partial charge in [0.25, 0.3) is 0 Å². The molecule has 0 aromatic carbocycles. The molecule has 0 unspecified atom stereocenters. The summed E-state index contributed by atoms with van der Waals surface area (Å²) in [4.78, 5) is 8.69. The lowest BCUT2D eigenvalue weighted by Gasteiger charge is -2.05. The average molecular weight is 217 g/mol. The molecule has 0 amide bonds. The van der Waals surface area contributed by atoms with Crippen LogP contribution >= 0.6 is 0 Å². The minimum absolute atomic E-state index is 0.505. The Morgan fingerprint density at radius 1 is 1.31 bits per heavy atom. The SMILES string of the molecule is CCc1cc(N)nc(-c2ccnn2CC)n1. The molecule has 16 heavy (non-hydrogen) atoms. The van der Waals surface area contributed by atoms with E-state index < -0.39 is 0 Å². The van der Waals surface area contributed by atoms with E-state index in [2.05, 4.69) is 15.1 Å². The summed E-state index contributed by atoms with van der Waals surface area (Å²) in [5.41, 5.74) is 7.61. The second-order valence-corrected chi connectivity index (χ2v) is 3.49. The predicted octanol–water partition coefficient (Wildman–Crippen LogP) is 1.50. The van der Waals surface area contributed by atoms with E-state index in [0.717, 1.165) is 24.4 Å². The Morgan fingerprint density at radius 3 is 2.81 bits per heavy atom. The molecule has 0 fully saturated rings. The monoisotopic (exact) mass is 217 g/mol. The van der Waals surface area contributed by atoms with Crippen LogP contribution in [0.4, 0.5) is 5.82 Å². The van der Waals surface area contributed by atoms with Crippen molar-refractivity contribution in [3.63, 3.8) is 0 Å². The summed E-state index contributed by atoms with van der Waals surface area (Å²) in [5, 5.41) is 4.19. The number of nitrogens with two attached hydrogens (primary N) is 1. The van der Waals surface area contributed by atoms with Gasteiger partial charge in [0.1, 0.15) is 11.5 Å². The number of nitrogens with zero attached hydrogens (tertiary/aromatic N) is 4. The molecular weight excluding hydrogens is 202 g/mol. The maximum atomic E-state index is 5.75. The lowest BCUT2D eigenvalue weighted by atomic mass is 10.3. The highest BCUT2D eigenvalue weighted by molar-refractivity contribution is 5.52. The van der Waals surface area contributed by atoms with E-state index in [-0.39, 0.29) is 0 Å². The predicted molar refractivity (Wildman–Crippen MR) is 62.7 cm³/mol. The van der Waals surface area contributed by atoms with E-state index >= 15 is 0 Å². The van der Waals surface area contributed by atoms with Crippen molar-refractivity contribution in [2.24, 2.45) is 0 Å². The van der Waals surface area contributed by atoms with Crippen LogP contribution in [0.2, 0.25) is 0 Å². The van der Waals surface area contributed by atoms with Crippen LogP contribution in [0, 0.1) is 0 Å². The molecule has 2 aromatic heterocycles. The molecule has 84 valence electrons. The zero-order chi connectivity index (χ0) is 11.5. The zero-order valence-corrected chi connectivity index (χ0v) is 9.51. The van der Waals surface area contributed by atoms with Gasteiger partial charge in [0.15, 0.2) is 5.82 Å². The third-order valence-electron chi connectivity index (χ3n) is 2.41. The van der Waals surface area contributed by atoms with Gasteiger partial charge in [0.2, 0.25) is 0 Å². The number of rotatable bonds is 3. The molecule has 0 aliphatic heterocycles. The molecule has 0 bridgehead atoms. The molecule has 0 saturated carbocycles. The second kappa shape index (κ2) is 4.30. The molecule has 0 saturated heterocycles. The lowest BCUT2D eigenvalue weighted by molar-refractivity contribution is 0.663.